The van der Waals surface area contributed by atoms with Gasteiger partial charge in [0.05, 0.1) is 0 Å². The van der Waals surface area contributed by atoms with E-state index in [2.05, 4.69) is 25.6 Å². The first kappa shape index (κ1) is 25.7. The molecule has 0 saturated carbocycles. The molecule has 0 aliphatic carbocycles. The van der Waals surface area contributed by atoms with E-state index in [-0.39, 0.29) is 18.4 Å². The fourth-order valence-electron chi connectivity index (χ4n) is 3.29. The van der Waals surface area contributed by atoms with E-state index in [4.69, 9.17) is 4.74 Å². The third kappa shape index (κ3) is 6.46. The summed E-state index contributed by atoms with van der Waals surface area (Å²) in [5.74, 6) is -13.3. The lowest BCUT2D eigenvalue weighted by Crippen LogP contribution is -2.12. The van der Waals surface area contributed by atoms with E-state index in [0.717, 1.165) is 12.0 Å². The lowest BCUT2D eigenvalue weighted by molar-refractivity contribution is 0.322. The highest BCUT2D eigenvalue weighted by Crippen LogP contribution is 2.32. The molecule has 0 atom stereocenters. The SMILES string of the molecule is Fc1cccc(CNc2nc(NCCCc3ccccc3)nc(Oc3c(F)c(F)c(F)c(F)c3F)n2)c1. The van der Waals surface area contributed by atoms with Gasteiger partial charge in [-0.05, 0) is 36.1 Å². The molecule has 0 amide bonds. The Balaban J connectivity index is 1.55. The van der Waals surface area contributed by atoms with Gasteiger partial charge in [-0.3, -0.25) is 0 Å². The summed E-state index contributed by atoms with van der Waals surface area (Å²) in [4.78, 5) is 11.9. The van der Waals surface area contributed by atoms with E-state index < -0.39 is 46.7 Å². The van der Waals surface area contributed by atoms with Crippen LogP contribution in [0.1, 0.15) is 17.5 Å². The van der Waals surface area contributed by atoms with Crippen molar-refractivity contribution in [2.75, 3.05) is 17.2 Å². The number of nitrogens with zero attached hydrogens (tertiary/aromatic N) is 3. The summed E-state index contributed by atoms with van der Waals surface area (Å²) in [6.45, 7) is 0.432. The first-order valence-electron chi connectivity index (χ1n) is 11.0. The highest BCUT2D eigenvalue weighted by molar-refractivity contribution is 5.39. The molecule has 0 bridgehead atoms. The van der Waals surface area contributed by atoms with Crippen LogP contribution in [0.5, 0.6) is 11.8 Å². The van der Waals surface area contributed by atoms with E-state index in [1.807, 2.05) is 30.3 Å². The van der Waals surface area contributed by atoms with E-state index in [9.17, 15) is 26.3 Å². The quantitative estimate of drug-likeness (QED) is 0.113. The van der Waals surface area contributed by atoms with Gasteiger partial charge in [-0.25, -0.2) is 17.6 Å². The van der Waals surface area contributed by atoms with E-state index in [1.54, 1.807) is 6.07 Å². The first-order chi connectivity index (χ1) is 17.8. The van der Waals surface area contributed by atoms with Gasteiger partial charge in [-0.1, -0.05) is 42.5 Å². The zero-order valence-electron chi connectivity index (χ0n) is 19.0. The van der Waals surface area contributed by atoms with Gasteiger partial charge < -0.3 is 15.4 Å². The van der Waals surface area contributed by atoms with Gasteiger partial charge in [0.1, 0.15) is 5.82 Å². The summed E-state index contributed by atoms with van der Waals surface area (Å²) in [5, 5.41) is 5.70. The Labute approximate surface area is 207 Å². The molecule has 0 unspecified atom stereocenters. The Morgan fingerprint density at radius 3 is 1.95 bits per heavy atom. The number of hydrogen-bond acceptors (Lipinski definition) is 6. The summed E-state index contributed by atoms with van der Waals surface area (Å²) in [7, 11) is 0. The molecule has 0 aliphatic rings. The van der Waals surface area contributed by atoms with Crippen LogP contribution in [0.4, 0.5) is 38.2 Å². The van der Waals surface area contributed by atoms with Crippen LogP contribution in [0.2, 0.25) is 0 Å². The van der Waals surface area contributed by atoms with E-state index in [1.165, 1.54) is 18.2 Å². The van der Waals surface area contributed by atoms with Crippen molar-refractivity contribution in [1.82, 2.24) is 15.0 Å². The average molecular weight is 519 g/mol. The summed E-state index contributed by atoms with van der Waals surface area (Å²) < 4.78 is 87.2. The number of rotatable bonds is 10. The zero-order valence-corrected chi connectivity index (χ0v) is 19.0. The number of anilines is 2. The molecule has 3 aromatic carbocycles. The Bertz CT molecular complexity index is 1360. The van der Waals surface area contributed by atoms with Gasteiger partial charge in [0.25, 0.3) is 0 Å². The van der Waals surface area contributed by atoms with Crippen molar-refractivity contribution >= 4 is 11.9 Å². The fraction of sp³-hybridized carbons (Fsp3) is 0.160. The average Bonchev–Trinajstić information content (AvgIpc) is 2.91. The van der Waals surface area contributed by atoms with Crippen LogP contribution < -0.4 is 15.4 Å². The molecule has 4 aromatic rings. The molecule has 192 valence electrons. The number of benzene rings is 3. The smallest absolute Gasteiger partial charge is 0.328 e. The van der Waals surface area contributed by atoms with Gasteiger partial charge in [-0.15, -0.1) is 0 Å². The standard InChI is InChI=1S/C25H19F6N5O/c26-16-10-4-8-15(12-16)13-33-24-34-23(32-11-5-9-14-6-2-1-3-7-14)35-25(36-24)37-22-20(30)18(28)17(27)19(29)21(22)31/h1-4,6-8,10,12H,5,9,11,13H2,(H2,32,33,34,35,36). The van der Waals surface area contributed by atoms with Crippen LogP contribution in [0.3, 0.4) is 0 Å². The van der Waals surface area contributed by atoms with Gasteiger partial charge in [0.2, 0.25) is 46.7 Å². The van der Waals surface area contributed by atoms with E-state index in [0.29, 0.717) is 18.5 Å². The minimum absolute atomic E-state index is 0.0528. The molecule has 12 heteroatoms. The summed E-state index contributed by atoms with van der Waals surface area (Å²) in [6, 6.07) is 14.6. The van der Waals surface area contributed by atoms with Crippen LogP contribution in [0, 0.1) is 34.9 Å². The van der Waals surface area contributed by atoms with Crippen molar-refractivity contribution in [2.45, 2.75) is 19.4 Å². The Kier molecular flexibility index (Phi) is 8.06. The topological polar surface area (TPSA) is 72.0 Å². The maximum atomic E-state index is 14.1. The van der Waals surface area contributed by atoms with Crippen LogP contribution in [-0.4, -0.2) is 21.5 Å². The minimum Gasteiger partial charge on any atom is -0.418 e. The van der Waals surface area contributed by atoms with E-state index >= 15 is 0 Å². The normalized spacial score (nSPS) is 10.9. The Hall–Kier alpha value is -4.35. The second-order valence-electron chi connectivity index (χ2n) is 7.77. The van der Waals surface area contributed by atoms with Crippen molar-refractivity contribution in [3.05, 3.63) is 101 Å². The molecule has 6 nitrogen and oxygen atoms in total. The van der Waals surface area contributed by atoms with Crippen molar-refractivity contribution in [1.29, 1.82) is 0 Å². The second kappa shape index (κ2) is 11.6. The number of nitrogens with one attached hydrogen (secondary N) is 2. The third-order valence-electron chi connectivity index (χ3n) is 5.09. The minimum atomic E-state index is -2.32. The van der Waals surface area contributed by atoms with Crippen LogP contribution in [0.15, 0.2) is 54.6 Å². The predicted octanol–water partition coefficient (Wildman–Crippen LogP) is 6.16. The third-order valence-corrected chi connectivity index (χ3v) is 5.09. The van der Waals surface area contributed by atoms with Crippen LogP contribution in [-0.2, 0) is 13.0 Å². The molecule has 0 saturated heterocycles. The highest BCUT2D eigenvalue weighted by atomic mass is 19.2. The fourth-order valence-corrected chi connectivity index (χ4v) is 3.29. The Morgan fingerprint density at radius 2 is 1.27 bits per heavy atom. The molecule has 0 spiro atoms. The summed E-state index contributed by atoms with van der Waals surface area (Å²) in [5.41, 5.74) is 1.63. The number of aromatic nitrogens is 3. The molecule has 1 aromatic heterocycles. The van der Waals surface area contributed by atoms with Gasteiger partial charge in [-0.2, -0.15) is 23.7 Å². The zero-order chi connectivity index (χ0) is 26.4. The van der Waals surface area contributed by atoms with Crippen LogP contribution in [0.25, 0.3) is 0 Å². The molecule has 4 rings (SSSR count). The lowest BCUT2D eigenvalue weighted by Gasteiger charge is -2.12. The van der Waals surface area contributed by atoms with Gasteiger partial charge in [0.15, 0.2) is 0 Å². The lowest BCUT2D eigenvalue weighted by atomic mass is 10.1. The molecule has 0 radical (unpaired) electrons. The summed E-state index contributed by atoms with van der Waals surface area (Å²) in [6.07, 6.45) is 1.40. The van der Waals surface area contributed by atoms with Crippen molar-refractivity contribution in [2.24, 2.45) is 0 Å². The van der Waals surface area contributed by atoms with Crippen LogP contribution >= 0.6 is 0 Å². The van der Waals surface area contributed by atoms with Gasteiger partial charge >= 0.3 is 6.01 Å². The molecular weight excluding hydrogens is 500 g/mol. The number of aryl methyl sites for hydroxylation is 1. The number of halogens is 6. The predicted molar refractivity (Wildman–Crippen MR) is 123 cm³/mol. The molecule has 0 fully saturated rings. The molecule has 1 heterocycles. The molecule has 2 N–H and O–H groups in total. The monoisotopic (exact) mass is 519 g/mol. The van der Waals surface area contributed by atoms with Crippen molar-refractivity contribution < 1.29 is 31.1 Å². The maximum Gasteiger partial charge on any atom is 0.328 e. The van der Waals surface area contributed by atoms with Gasteiger partial charge in [0, 0.05) is 13.1 Å². The van der Waals surface area contributed by atoms with Crippen molar-refractivity contribution in [3.63, 3.8) is 0 Å². The molecular formula is C25H19F6N5O. The molecule has 37 heavy (non-hydrogen) atoms. The maximum absolute atomic E-state index is 14.1. The largest absolute Gasteiger partial charge is 0.418 e. The molecule has 0 aliphatic heterocycles. The van der Waals surface area contributed by atoms with Crippen molar-refractivity contribution in [3.8, 4) is 11.8 Å². The number of hydrogen-bond donors (Lipinski definition) is 2. The Morgan fingerprint density at radius 1 is 0.649 bits per heavy atom. The highest BCUT2D eigenvalue weighted by Gasteiger charge is 2.28. The number of ether oxygens (including phenoxy) is 1. The first-order valence-corrected chi connectivity index (χ1v) is 11.0. The second-order valence-corrected chi connectivity index (χ2v) is 7.77. The summed E-state index contributed by atoms with van der Waals surface area (Å²) >= 11 is 0.